The van der Waals surface area contributed by atoms with Crippen LogP contribution in [0.4, 0.5) is 0 Å². The van der Waals surface area contributed by atoms with Gasteiger partial charge in [-0.1, -0.05) is 130 Å². The van der Waals surface area contributed by atoms with Gasteiger partial charge in [-0.15, -0.1) is 0 Å². The number of hydrogen-bond acceptors (Lipinski definition) is 0. The first-order chi connectivity index (χ1) is 19.3. The van der Waals surface area contributed by atoms with Gasteiger partial charge in [-0.2, -0.15) is 0 Å². The first-order valence-corrected chi connectivity index (χ1v) is 18.2. The molecule has 2 fully saturated rings. The lowest BCUT2D eigenvalue weighted by Gasteiger charge is -2.59. The molecule has 0 saturated heterocycles. The summed E-state index contributed by atoms with van der Waals surface area (Å²) in [5, 5.41) is 0. The first-order valence-electron chi connectivity index (χ1n) is 18.2. The Morgan fingerprint density at radius 3 is 1.52 bits per heavy atom. The molecule has 0 amide bonds. The Balaban J connectivity index is 1.89. The summed E-state index contributed by atoms with van der Waals surface area (Å²) in [5.41, 5.74) is 1.59. The molecule has 1 heteroatoms. The lowest BCUT2D eigenvalue weighted by atomic mass is 9.67. The summed E-state index contributed by atoms with van der Waals surface area (Å²) in [7, 11) is 0. The van der Waals surface area contributed by atoms with E-state index in [4.69, 9.17) is 0 Å². The van der Waals surface area contributed by atoms with Gasteiger partial charge in [-0.25, -0.2) is 0 Å². The van der Waals surface area contributed by atoms with Crippen LogP contribution in [-0.2, 0) is 6.54 Å². The molecule has 6 unspecified atom stereocenters. The van der Waals surface area contributed by atoms with Gasteiger partial charge in [0.15, 0.2) is 0 Å². The molecule has 3 rings (SSSR count). The largest absolute Gasteiger partial charge is 0.315 e. The van der Waals surface area contributed by atoms with Crippen molar-refractivity contribution >= 4 is 0 Å². The Morgan fingerprint density at radius 2 is 1.07 bits per heavy atom. The molecular weight excluding hydrogens is 482 g/mol. The SMILES string of the molecule is CCCCCCCCCCCC[N+](Cc1ccccc1)(C1CC(C)CCC1C(C)C)C1CC(C)CCC1C(C)C. The Hall–Kier alpha value is -0.820. The van der Waals surface area contributed by atoms with Crippen LogP contribution in [0.25, 0.3) is 0 Å². The quantitative estimate of drug-likeness (QED) is 0.133. The van der Waals surface area contributed by atoms with Crippen molar-refractivity contribution in [1.82, 2.24) is 0 Å². The molecule has 0 bridgehead atoms. The van der Waals surface area contributed by atoms with Gasteiger partial charge in [0.25, 0.3) is 0 Å². The molecule has 2 aliphatic carbocycles. The van der Waals surface area contributed by atoms with Gasteiger partial charge in [0.1, 0.15) is 6.54 Å². The zero-order valence-corrected chi connectivity index (χ0v) is 28.2. The van der Waals surface area contributed by atoms with Crippen LogP contribution in [-0.4, -0.2) is 23.1 Å². The van der Waals surface area contributed by atoms with Gasteiger partial charge in [-0.3, -0.25) is 0 Å². The summed E-state index contributed by atoms with van der Waals surface area (Å²) in [4.78, 5) is 0. The van der Waals surface area contributed by atoms with Crippen LogP contribution in [0.15, 0.2) is 30.3 Å². The number of benzene rings is 1. The van der Waals surface area contributed by atoms with Crippen molar-refractivity contribution in [2.75, 3.05) is 6.54 Å². The third-order valence-electron chi connectivity index (χ3n) is 11.5. The van der Waals surface area contributed by atoms with Crippen LogP contribution >= 0.6 is 0 Å². The highest BCUT2D eigenvalue weighted by Crippen LogP contribution is 2.48. The smallest absolute Gasteiger partial charge is 0.105 e. The van der Waals surface area contributed by atoms with Crippen LogP contribution in [0.1, 0.15) is 157 Å². The molecule has 0 radical (unpaired) electrons. The molecule has 0 spiro atoms. The Morgan fingerprint density at radius 1 is 0.625 bits per heavy atom. The summed E-state index contributed by atoms with van der Waals surface area (Å²) in [6.45, 7) is 20.3. The summed E-state index contributed by atoms with van der Waals surface area (Å²) in [5.74, 6) is 5.06. The molecule has 0 N–H and O–H groups in total. The average Bonchev–Trinajstić information content (AvgIpc) is 2.93. The van der Waals surface area contributed by atoms with Gasteiger partial charge >= 0.3 is 0 Å². The highest BCUT2D eigenvalue weighted by molar-refractivity contribution is 5.14. The minimum Gasteiger partial charge on any atom is -0.315 e. The maximum absolute atomic E-state index is 2.57. The Bertz CT molecular complexity index is 749. The Kier molecular flexibility index (Phi) is 14.6. The minimum atomic E-state index is 0.789. The monoisotopic (exact) mass is 553 g/mol. The van der Waals surface area contributed by atoms with Gasteiger partial charge < -0.3 is 4.48 Å². The predicted molar refractivity (Wildman–Crippen MR) is 177 cm³/mol. The summed E-state index contributed by atoms with van der Waals surface area (Å²) < 4.78 is 1.40. The van der Waals surface area contributed by atoms with E-state index >= 15 is 0 Å². The number of nitrogens with zero attached hydrogens (tertiary/aromatic N) is 1. The van der Waals surface area contributed by atoms with Crippen molar-refractivity contribution in [2.24, 2.45) is 35.5 Å². The fourth-order valence-corrected chi connectivity index (χ4v) is 9.19. The molecule has 0 aromatic heterocycles. The van der Waals surface area contributed by atoms with Crippen LogP contribution in [0, 0.1) is 35.5 Å². The highest BCUT2D eigenvalue weighted by atomic mass is 15.4. The second kappa shape index (κ2) is 17.3. The second-order valence-electron chi connectivity index (χ2n) is 15.4. The number of hydrogen-bond donors (Lipinski definition) is 0. The van der Waals surface area contributed by atoms with E-state index < -0.39 is 0 Å². The number of quaternary nitrogens is 1. The molecule has 1 aromatic rings. The molecule has 1 aromatic carbocycles. The molecule has 2 aliphatic rings. The average molecular weight is 553 g/mol. The summed E-state index contributed by atoms with van der Waals surface area (Å²) in [6, 6.07) is 13.4. The van der Waals surface area contributed by atoms with E-state index in [1.54, 1.807) is 5.56 Å². The van der Waals surface area contributed by atoms with Crippen LogP contribution < -0.4 is 0 Å². The van der Waals surface area contributed by atoms with Gasteiger partial charge in [0, 0.05) is 30.2 Å². The van der Waals surface area contributed by atoms with E-state index in [9.17, 15) is 0 Å². The van der Waals surface area contributed by atoms with Crippen molar-refractivity contribution < 1.29 is 4.48 Å². The predicted octanol–water partition coefficient (Wildman–Crippen LogP) is 11.8. The summed E-state index contributed by atoms with van der Waals surface area (Å²) in [6.07, 6.45) is 23.0. The van der Waals surface area contributed by atoms with E-state index in [0.29, 0.717) is 0 Å². The molecule has 6 atom stereocenters. The molecule has 0 aliphatic heterocycles. The Labute approximate surface area is 251 Å². The van der Waals surface area contributed by atoms with Crippen molar-refractivity contribution in [3.63, 3.8) is 0 Å². The van der Waals surface area contributed by atoms with Gasteiger partial charge in [0.2, 0.25) is 0 Å². The van der Waals surface area contributed by atoms with Crippen LogP contribution in [0.2, 0.25) is 0 Å². The molecule has 40 heavy (non-hydrogen) atoms. The zero-order chi connectivity index (χ0) is 29.0. The van der Waals surface area contributed by atoms with Crippen molar-refractivity contribution in [2.45, 2.75) is 170 Å². The van der Waals surface area contributed by atoms with Crippen molar-refractivity contribution in [3.05, 3.63) is 35.9 Å². The highest BCUT2D eigenvalue weighted by Gasteiger charge is 2.53. The van der Waals surface area contributed by atoms with E-state index in [-0.39, 0.29) is 0 Å². The lowest BCUT2D eigenvalue weighted by molar-refractivity contribution is -0.995. The van der Waals surface area contributed by atoms with Crippen molar-refractivity contribution in [1.29, 1.82) is 0 Å². The first kappa shape index (κ1) is 33.7. The normalized spacial score (nSPS) is 29.1. The summed E-state index contributed by atoms with van der Waals surface area (Å²) >= 11 is 0. The van der Waals surface area contributed by atoms with E-state index in [1.165, 1.54) is 120 Å². The van der Waals surface area contributed by atoms with Crippen LogP contribution in [0.3, 0.4) is 0 Å². The molecule has 1 nitrogen and oxygen atoms in total. The van der Waals surface area contributed by atoms with E-state index in [0.717, 1.165) is 47.6 Å². The number of rotatable bonds is 17. The van der Waals surface area contributed by atoms with Crippen molar-refractivity contribution in [3.8, 4) is 0 Å². The minimum absolute atomic E-state index is 0.789. The fourth-order valence-electron chi connectivity index (χ4n) is 9.19. The zero-order valence-electron chi connectivity index (χ0n) is 28.2. The van der Waals surface area contributed by atoms with Crippen LogP contribution in [0.5, 0.6) is 0 Å². The maximum Gasteiger partial charge on any atom is 0.105 e. The second-order valence-corrected chi connectivity index (χ2v) is 15.4. The lowest BCUT2D eigenvalue weighted by Crippen LogP contribution is -2.68. The third-order valence-corrected chi connectivity index (χ3v) is 11.5. The molecule has 230 valence electrons. The third kappa shape index (κ3) is 9.61. The maximum atomic E-state index is 2.57. The topological polar surface area (TPSA) is 0 Å². The van der Waals surface area contributed by atoms with Gasteiger partial charge in [0.05, 0.1) is 18.6 Å². The van der Waals surface area contributed by atoms with E-state index in [2.05, 4.69) is 78.8 Å². The standard InChI is InChI=1S/C39H70N/c1-8-9-10-11-12-13-14-15-16-20-27-40(30-35-21-18-17-19-22-35,38-28-33(6)23-25-36(38)31(2)3)39-29-34(7)24-26-37(39)32(4)5/h17-19,21-22,31-34,36-39H,8-16,20,23-30H2,1-7H3/q+1. The number of unbranched alkanes of at least 4 members (excludes halogenated alkanes) is 9. The van der Waals surface area contributed by atoms with E-state index in [1.807, 2.05) is 0 Å². The molecule has 0 heterocycles. The molecular formula is C39H70N+. The molecule has 2 saturated carbocycles. The fraction of sp³-hybridized carbons (Fsp3) is 0.846. The van der Waals surface area contributed by atoms with Gasteiger partial charge in [-0.05, 0) is 62.2 Å².